The van der Waals surface area contributed by atoms with E-state index in [1.165, 1.54) is 4.90 Å². The molecule has 3 saturated heterocycles. The number of urea groups is 1. The Morgan fingerprint density at radius 2 is 1.70 bits per heavy atom. The number of nitrogens with zero attached hydrogens (tertiary/aromatic N) is 3. The third-order valence-corrected chi connectivity index (χ3v) is 5.78. The maximum absolute atomic E-state index is 13.1. The molecule has 8 heteroatoms. The second-order valence-corrected chi connectivity index (χ2v) is 7.41. The Bertz CT molecular complexity index is 822. The topological polar surface area (TPSA) is 90.0 Å². The smallest absolute Gasteiger partial charge is 0.329 e. The Morgan fingerprint density at radius 1 is 1.04 bits per heavy atom. The van der Waals surface area contributed by atoms with Crippen LogP contribution in [0.4, 0.5) is 10.5 Å². The molecule has 5 amide bonds. The molecule has 3 aliphatic rings. The molecule has 142 valence electrons. The molecule has 1 N–H and O–H groups in total. The van der Waals surface area contributed by atoms with Gasteiger partial charge in [-0.05, 0) is 49.9 Å². The fraction of sp³-hybridized carbons (Fsp3) is 0.474. The van der Waals surface area contributed by atoms with Crippen LogP contribution >= 0.6 is 0 Å². The lowest BCUT2D eigenvalue weighted by molar-refractivity contribution is -0.144. The maximum Gasteiger partial charge on any atom is 0.329 e. The van der Waals surface area contributed by atoms with Crippen molar-refractivity contribution in [1.29, 1.82) is 0 Å². The third-order valence-electron chi connectivity index (χ3n) is 5.78. The molecule has 0 bridgehead atoms. The fourth-order valence-corrected chi connectivity index (χ4v) is 4.42. The van der Waals surface area contributed by atoms with Crippen LogP contribution in [0.25, 0.3) is 0 Å². The zero-order valence-corrected chi connectivity index (χ0v) is 15.2. The number of likely N-dealkylation sites (tertiary alicyclic amines) is 2. The second-order valence-electron chi connectivity index (χ2n) is 7.41. The molecule has 3 aliphatic heterocycles. The van der Waals surface area contributed by atoms with Gasteiger partial charge in [0.2, 0.25) is 11.8 Å². The second kappa shape index (κ2) is 6.37. The van der Waals surface area contributed by atoms with Crippen LogP contribution in [-0.2, 0) is 9.59 Å². The molecule has 8 nitrogen and oxygen atoms in total. The number of hydrogen-bond acceptors (Lipinski definition) is 4. The molecule has 1 spiro atoms. The lowest BCUT2D eigenvalue weighted by Gasteiger charge is -2.43. The van der Waals surface area contributed by atoms with Gasteiger partial charge in [0.1, 0.15) is 12.1 Å². The van der Waals surface area contributed by atoms with Crippen molar-refractivity contribution in [3.8, 4) is 0 Å². The van der Waals surface area contributed by atoms with Crippen LogP contribution < -0.4 is 10.2 Å². The van der Waals surface area contributed by atoms with Gasteiger partial charge in [-0.3, -0.25) is 24.6 Å². The lowest BCUT2D eigenvalue weighted by Crippen LogP contribution is -2.60. The first-order valence-electron chi connectivity index (χ1n) is 9.21. The summed E-state index contributed by atoms with van der Waals surface area (Å²) < 4.78 is 0. The number of carbonyl (C=O) groups is 4. The number of benzene rings is 1. The van der Waals surface area contributed by atoms with Gasteiger partial charge in [0.05, 0.1) is 0 Å². The Balaban J connectivity index is 1.56. The molecular formula is C19H22N4O4. The molecule has 1 unspecified atom stereocenters. The lowest BCUT2D eigenvalue weighted by atomic mass is 9.85. The molecule has 0 saturated carbocycles. The number of carbonyl (C=O) groups excluding carboxylic acids is 4. The predicted octanol–water partition coefficient (Wildman–Crippen LogP) is 0.970. The minimum absolute atomic E-state index is 0.0256. The van der Waals surface area contributed by atoms with Crippen molar-refractivity contribution in [1.82, 2.24) is 15.1 Å². The summed E-state index contributed by atoms with van der Waals surface area (Å²) in [6, 6.07) is 6.15. The highest BCUT2D eigenvalue weighted by Crippen LogP contribution is 2.38. The summed E-state index contributed by atoms with van der Waals surface area (Å²) in [6.45, 7) is 1.28. The third kappa shape index (κ3) is 2.75. The van der Waals surface area contributed by atoms with Gasteiger partial charge in [-0.2, -0.15) is 0 Å². The van der Waals surface area contributed by atoms with E-state index in [1.807, 2.05) is 0 Å². The van der Waals surface area contributed by atoms with Crippen LogP contribution in [0.3, 0.4) is 0 Å². The minimum atomic E-state index is -0.718. The van der Waals surface area contributed by atoms with E-state index in [1.54, 1.807) is 41.1 Å². The van der Waals surface area contributed by atoms with E-state index < -0.39 is 11.6 Å². The summed E-state index contributed by atoms with van der Waals surface area (Å²) in [5.74, 6) is -0.479. The summed E-state index contributed by atoms with van der Waals surface area (Å²) in [5, 5.41) is 2.23. The average Bonchev–Trinajstić information content (AvgIpc) is 3.22. The molecule has 0 aromatic heterocycles. The molecule has 3 heterocycles. The summed E-state index contributed by atoms with van der Waals surface area (Å²) in [6.07, 6.45) is 3.12. The SMILES string of the molecule is CN1CCCC2(CCCN2C(=O)c2ccc(N3CC(=O)NC3=O)cc2)C1=O. The van der Waals surface area contributed by atoms with Gasteiger partial charge < -0.3 is 9.80 Å². The number of amides is 5. The number of hydrogen-bond donors (Lipinski definition) is 1. The van der Waals surface area contributed by atoms with Gasteiger partial charge >= 0.3 is 6.03 Å². The first kappa shape index (κ1) is 17.5. The first-order chi connectivity index (χ1) is 12.9. The zero-order chi connectivity index (χ0) is 19.2. The van der Waals surface area contributed by atoms with Gasteiger partial charge in [-0.15, -0.1) is 0 Å². The van der Waals surface area contributed by atoms with Crippen molar-refractivity contribution in [2.75, 3.05) is 31.6 Å². The fourth-order valence-electron chi connectivity index (χ4n) is 4.42. The predicted molar refractivity (Wildman–Crippen MR) is 97.2 cm³/mol. The molecule has 27 heavy (non-hydrogen) atoms. The van der Waals surface area contributed by atoms with Crippen LogP contribution in [0.5, 0.6) is 0 Å². The Kier molecular flexibility index (Phi) is 4.13. The van der Waals surface area contributed by atoms with Gasteiger partial charge in [0.25, 0.3) is 5.91 Å². The molecule has 1 atom stereocenters. The van der Waals surface area contributed by atoms with Crippen molar-refractivity contribution in [2.45, 2.75) is 31.2 Å². The minimum Gasteiger partial charge on any atom is -0.344 e. The van der Waals surface area contributed by atoms with E-state index in [0.717, 1.165) is 19.4 Å². The number of anilines is 1. The van der Waals surface area contributed by atoms with Crippen molar-refractivity contribution in [3.05, 3.63) is 29.8 Å². The van der Waals surface area contributed by atoms with Crippen molar-refractivity contribution < 1.29 is 19.2 Å². The number of likely N-dealkylation sites (N-methyl/N-ethyl adjacent to an activating group) is 1. The van der Waals surface area contributed by atoms with Crippen LogP contribution in [0.2, 0.25) is 0 Å². The van der Waals surface area contributed by atoms with Crippen molar-refractivity contribution in [2.24, 2.45) is 0 Å². The van der Waals surface area contributed by atoms with Gasteiger partial charge in [-0.25, -0.2) is 4.79 Å². The number of nitrogens with one attached hydrogen (secondary N) is 1. The van der Waals surface area contributed by atoms with E-state index in [9.17, 15) is 19.2 Å². The van der Waals surface area contributed by atoms with E-state index in [0.29, 0.717) is 30.6 Å². The normalized spacial score (nSPS) is 25.5. The molecule has 0 aliphatic carbocycles. The molecule has 1 aromatic carbocycles. The van der Waals surface area contributed by atoms with Gasteiger partial charge in [0.15, 0.2) is 0 Å². The molecule has 3 fully saturated rings. The van der Waals surface area contributed by atoms with Crippen LogP contribution in [0.15, 0.2) is 24.3 Å². The van der Waals surface area contributed by atoms with Crippen LogP contribution in [0, 0.1) is 0 Å². The van der Waals surface area contributed by atoms with Gasteiger partial charge in [0, 0.05) is 31.4 Å². The number of piperidine rings is 1. The van der Waals surface area contributed by atoms with E-state index in [2.05, 4.69) is 5.32 Å². The maximum atomic E-state index is 13.1. The number of rotatable bonds is 2. The van der Waals surface area contributed by atoms with E-state index >= 15 is 0 Å². The van der Waals surface area contributed by atoms with Crippen molar-refractivity contribution >= 4 is 29.4 Å². The van der Waals surface area contributed by atoms with Crippen LogP contribution in [-0.4, -0.2) is 65.8 Å². The molecular weight excluding hydrogens is 348 g/mol. The van der Waals surface area contributed by atoms with E-state index in [4.69, 9.17) is 0 Å². The monoisotopic (exact) mass is 370 g/mol. The summed E-state index contributed by atoms with van der Waals surface area (Å²) >= 11 is 0. The highest BCUT2D eigenvalue weighted by molar-refractivity contribution is 6.12. The Labute approximate surface area is 157 Å². The quantitative estimate of drug-likeness (QED) is 0.786. The van der Waals surface area contributed by atoms with Gasteiger partial charge in [-0.1, -0.05) is 0 Å². The molecule has 1 aromatic rings. The summed E-state index contributed by atoms with van der Waals surface area (Å²) in [4.78, 5) is 53.9. The Hall–Kier alpha value is -2.90. The molecule has 4 rings (SSSR count). The number of imide groups is 1. The Morgan fingerprint density at radius 3 is 2.33 bits per heavy atom. The average molecular weight is 370 g/mol. The zero-order valence-electron chi connectivity index (χ0n) is 15.2. The highest BCUT2D eigenvalue weighted by Gasteiger charge is 2.52. The standard InChI is InChI=1S/C19H22N4O4/c1-21-10-2-8-19(17(21)26)9-3-11-23(19)16(25)13-4-6-14(7-5-13)22-12-15(24)20-18(22)27/h4-7H,2-3,8-12H2,1H3,(H,20,24,27). The van der Waals surface area contributed by atoms with Crippen LogP contribution in [0.1, 0.15) is 36.0 Å². The van der Waals surface area contributed by atoms with Crippen molar-refractivity contribution in [3.63, 3.8) is 0 Å². The van der Waals surface area contributed by atoms with E-state index in [-0.39, 0.29) is 24.3 Å². The summed E-state index contributed by atoms with van der Waals surface area (Å²) in [5.41, 5.74) is 0.316. The molecule has 0 radical (unpaired) electrons. The first-order valence-corrected chi connectivity index (χ1v) is 9.21. The highest BCUT2D eigenvalue weighted by atomic mass is 16.2. The summed E-state index contributed by atoms with van der Waals surface area (Å²) in [7, 11) is 1.79. The largest absolute Gasteiger partial charge is 0.344 e.